The quantitative estimate of drug-likeness (QED) is 0.689. The van der Waals surface area contributed by atoms with Crippen molar-refractivity contribution >= 4 is 5.91 Å². The summed E-state index contributed by atoms with van der Waals surface area (Å²) in [6, 6.07) is 10.6. The van der Waals surface area contributed by atoms with Crippen LogP contribution in [0.4, 0.5) is 0 Å². The summed E-state index contributed by atoms with van der Waals surface area (Å²) in [5, 5.41) is 2.88. The molecule has 3 rings (SSSR count). The molecule has 3 aromatic rings. The largest absolute Gasteiger partial charge is 0.493 e. The lowest BCUT2D eigenvalue weighted by molar-refractivity contribution is 0.0947. The molecule has 1 aromatic carbocycles. The second-order valence-electron chi connectivity index (χ2n) is 5.59. The maximum atomic E-state index is 12.7. The summed E-state index contributed by atoms with van der Waals surface area (Å²) >= 11 is 0. The van der Waals surface area contributed by atoms with E-state index in [2.05, 4.69) is 10.3 Å². The number of pyridine rings is 1. The van der Waals surface area contributed by atoms with Gasteiger partial charge in [-0.25, -0.2) is 0 Å². The fraction of sp³-hybridized carbons (Fsp3) is 0.200. The van der Waals surface area contributed by atoms with E-state index < -0.39 is 0 Å². The van der Waals surface area contributed by atoms with Gasteiger partial charge in [-0.15, -0.1) is 0 Å². The van der Waals surface area contributed by atoms with Crippen LogP contribution in [0.25, 0.3) is 11.5 Å². The molecule has 0 atom stereocenters. The molecule has 7 heteroatoms. The lowest BCUT2D eigenvalue weighted by Crippen LogP contribution is -2.23. The van der Waals surface area contributed by atoms with Crippen LogP contribution < -0.4 is 19.5 Å². The van der Waals surface area contributed by atoms with Crippen LogP contribution in [0, 0.1) is 0 Å². The summed E-state index contributed by atoms with van der Waals surface area (Å²) in [4.78, 5) is 16.9. The molecule has 2 heterocycles. The van der Waals surface area contributed by atoms with Crippen molar-refractivity contribution in [3.05, 3.63) is 60.0 Å². The first-order valence-corrected chi connectivity index (χ1v) is 8.24. The number of carbonyl (C=O) groups excluding carboxylic acids is 1. The molecule has 0 fully saturated rings. The van der Waals surface area contributed by atoms with Crippen molar-refractivity contribution < 1.29 is 23.4 Å². The van der Waals surface area contributed by atoms with Crippen LogP contribution in [-0.4, -0.2) is 32.2 Å². The van der Waals surface area contributed by atoms with Crippen molar-refractivity contribution in [2.45, 2.75) is 6.54 Å². The number of furan rings is 1. The Morgan fingerprint density at radius 3 is 2.56 bits per heavy atom. The number of nitrogens with one attached hydrogen (secondary N) is 1. The van der Waals surface area contributed by atoms with Crippen LogP contribution in [0.1, 0.15) is 15.9 Å². The Bertz CT molecular complexity index is 922. The van der Waals surface area contributed by atoms with E-state index in [9.17, 15) is 4.79 Å². The third-order valence-electron chi connectivity index (χ3n) is 4.00. The minimum absolute atomic E-state index is 0.288. The predicted octanol–water partition coefficient (Wildman–Crippen LogP) is 3.30. The smallest absolute Gasteiger partial charge is 0.255 e. The molecule has 0 spiro atoms. The highest BCUT2D eigenvalue weighted by Crippen LogP contribution is 2.39. The Morgan fingerprint density at radius 1 is 1.07 bits per heavy atom. The Kier molecular flexibility index (Phi) is 5.61. The molecule has 1 amide bonds. The van der Waals surface area contributed by atoms with Crippen molar-refractivity contribution in [2.24, 2.45) is 0 Å². The van der Waals surface area contributed by atoms with E-state index in [1.807, 2.05) is 18.2 Å². The molecule has 0 saturated carbocycles. The van der Waals surface area contributed by atoms with Crippen LogP contribution in [0.2, 0.25) is 0 Å². The standard InChI is InChI=1S/C20H20N2O5/c1-24-17-7-6-14(18(25-2)19(17)26-3)20(23)22-12-13-8-9-21-15(11-13)16-5-4-10-27-16/h4-11H,12H2,1-3H3,(H,22,23). The van der Waals surface area contributed by atoms with E-state index >= 15 is 0 Å². The average Bonchev–Trinajstić information content (AvgIpc) is 3.25. The van der Waals surface area contributed by atoms with E-state index in [4.69, 9.17) is 18.6 Å². The van der Waals surface area contributed by atoms with E-state index in [0.29, 0.717) is 40.8 Å². The van der Waals surface area contributed by atoms with Gasteiger partial charge in [0.2, 0.25) is 5.75 Å². The number of amides is 1. The lowest BCUT2D eigenvalue weighted by atomic mass is 10.1. The molecule has 0 bridgehead atoms. The third-order valence-corrected chi connectivity index (χ3v) is 4.00. The Labute approximate surface area is 156 Å². The number of benzene rings is 1. The third kappa shape index (κ3) is 3.87. The number of carbonyl (C=O) groups is 1. The Balaban J connectivity index is 1.78. The Hall–Kier alpha value is -3.48. The minimum Gasteiger partial charge on any atom is -0.493 e. The second kappa shape index (κ2) is 8.27. The van der Waals surface area contributed by atoms with Gasteiger partial charge in [0.05, 0.1) is 33.2 Å². The minimum atomic E-state index is -0.288. The molecule has 0 saturated heterocycles. The van der Waals surface area contributed by atoms with Gasteiger partial charge in [-0.1, -0.05) is 0 Å². The van der Waals surface area contributed by atoms with E-state index in [1.54, 1.807) is 30.7 Å². The van der Waals surface area contributed by atoms with Crippen LogP contribution >= 0.6 is 0 Å². The van der Waals surface area contributed by atoms with Gasteiger partial charge in [0.25, 0.3) is 5.91 Å². The van der Waals surface area contributed by atoms with Gasteiger partial charge < -0.3 is 23.9 Å². The van der Waals surface area contributed by atoms with Gasteiger partial charge >= 0.3 is 0 Å². The van der Waals surface area contributed by atoms with Crippen molar-refractivity contribution in [1.29, 1.82) is 0 Å². The lowest BCUT2D eigenvalue weighted by Gasteiger charge is -2.15. The van der Waals surface area contributed by atoms with Gasteiger partial charge in [-0.05, 0) is 42.0 Å². The molecule has 7 nitrogen and oxygen atoms in total. The first-order chi connectivity index (χ1) is 13.2. The summed E-state index contributed by atoms with van der Waals surface area (Å²) in [6.45, 7) is 0.326. The van der Waals surface area contributed by atoms with Crippen LogP contribution in [0.5, 0.6) is 17.2 Å². The van der Waals surface area contributed by atoms with Crippen LogP contribution in [-0.2, 0) is 6.54 Å². The van der Waals surface area contributed by atoms with Crippen molar-refractivity contribution in [3.8, 4) is 28.7 Å². The van der Waals surface area contributed by atoms with Gasteiger partial charge in [0.15, 0.2) is 17.3 Å². The molecular formula is C20H20N2O5. The molecule has 0 aliphatic carbocycles. The molecule has 0 unspecified atom stereocenters. The summed E-state index contributed by atoms with van der Waals surface area (Å²) in [7, 11) is 4.50. The van der Waals surface area contributed by atoms with Crippen molar-refractivity contribution in [2.75, 3.05) is 21.3 Å². The van der Waals surface area contributed by atoms with Crippen molar-refractivity contribution in [1.82, 2.24) is 10.3 Å². The number of ether oxygens (including phenoxy) is 3. The van der Waals surface area contributed by atoms with Gasteiger partial charge in [-0.3, -0.25) is 9.78 Å². The number of methoxy groups -OCH3 is 3. The van der Waals surface area contributed by atoms with Gasteiger partial charge in [-0.2, -0.15) is 0 Å². The molecule has 140 valence electrons. The van der Waals surface area contributed by atoms with E-state index in [0.717, 1.165) is 5.56 Å². The highest BCUT2D eigenvalue weighted by atomic mass is 16.5. The zero-order chi connectivity index (χ0) is 19.2. The fourth-order valence-corrected chi connectivity index (χ4v) is 2.70. The molecule has 0 aliphatic rings. The van der Waals surface area contributed by atoms with Crippen LogP contribution in [0.15, 0.2) is 53.3 Å². The maximum Gasteiger partial charge on any atom is 0.255 e. The number of rotatable bonds is 7. The Morgan fingerprint density at radius 2 is 1.89 bits per heavy atom. The van der Waals surface area contributed by atoms with Gasteiger partial charge in [0.1, 0.15) is 5.69 Å². The van der Waals surface area contributed by atoms with E-state index in [1.165, 1.54) is 21.3 Å². The monoisotopic (exact) mass is 368 g/mol. The zero-order valence-corrected chi connectivity index (χ0v) is 15.3. The first kappa shape index (κ1) is 18.3. The molecule has 2 aromatic heterocycles. The second-order valence-corrected chi connectivity index (χ2v) is 5.59. The highest BCUT2D eigenvalue weighted by Gasteiger charge is 2.20. The predicted molar refractivity (Wildman–Crippen MR) is 99.2 cm³/mol. The highest BCUT2D eigenvalue weighted by molar-refractivity contribution is 5.98. The molecule has 1 N–H and O–H groups in total. The maximum absolute atomic E-state index is 12.7. The van der Waals surface area contributed by atoms with E-state index in [-0.39, 0.29) is 5.91 Å². The summed E-state index contributed by atoms with van der Waals surface area (Å²) in [5.41, 5.74) is 1.95. The normalized spacial score (nSPS) is 10.3. The van der Waals surface area contributed by atoms with Gasteiger partial charge in [0, 0.05) is 12.7 Å². The summed E-state index contributed by atoms with van der Waals surface area (Å²) in [6.07, 6.45) is 3.27. The molecular weight excluding hydrogens is 348 g/mol. The molecule has 0 aliphatic heterocycles. The van der Waals surface area contributed by atoms with Crippen molar-refractivity contribution in [3.63, 3.8) is 0 Å². The topological polar surface area (TPSA) is 82.8 Å². The summed E-state index contributed by atoms with van der Waals surface area (Å²) < 4.78 is 21.3. The molecule has 0 radical (unpaired) electrons. The molecule has 27 heavy (non-hydrogen) atoms. The first-order valence-electron chi connectivity index (χ1n) is 8.24. The zero-order valence-electron chi connectivity index (χ0n) is 15.3. The number of hydrogen-bond donors (Lipinski definition) is 1. The SMILES string of the molecule is COc1ccc(C(=O)NCc2ccnc(-c3ccco3)c2)c(OC)c1OC. The summed E-state index contributed by atoms with van der Waals surface area (Å²) in [5.74, 6) is 1.56. The number of aromatic nitrogens is 1. The fourth-order valence-electron chi connectivity index (χ4n) is 2.70. The number of nitrogens with zero attached hydrogens (tertiary/aromatic N) is 1. The average molecular weight is 368 g/mol. The number of hydrogen-bond acceptors (Lipinski definition) is 6. The van der Waals surface area contributed by atoms with Crippen LogP contribution in [0.3, 0.4) is 0 Å².